The molecule has 7 heteroatoms. The molecule has 27 heavy (non-hydrogen) atoms. The Kier molecular flexibility index (Phi) is 7.21. The second-order valence-electron chi connectivity index (χ2n) is 7.41. The van der Waals surface area contributed by atoms with Gasteiger partial charge in [-0.15, -0.1) is 0 Å². The van der Waals surface area contributed by atoms with Crippen molar-refractivity contribution >= 4 is 17.9 Å². The number of carboxylic acid groups (broad SMARTS) is 1. The summed E-state index contributed by atoms with van der Waals surface area (Å²) in [5, 5.41) is 12.3. The maximum atomic E-state index is 12.4. The van der Waals surface area contributed by atoms with Crippen LogP contribution < -0.4 is 5.32 Å². The molecule has 2 N–H and O–H groups in total. The van der Waals surface area contributed by atoms with E-state index in [1.807, 2.05) is 31.2 Å². The third kappa shape index (κ3) is 5.98. The molecule has 0 aliphatic carbocycles. The Morgan fingerprint density at radius 2 is 1.93 bits per heavy atom. The number of benzene rings is 1. The number of carbonyl (C=O) groups excluding carboxylic acids is 2. The van der Waals surface area contributed by atoms with Crippen molar-refractivity contribution in [2.75, 3.05) is 33.7 Å². The third-order valence-corrected chi connectivity index (χ3v) is 4.96. The number of nitrogens with zero attached hydrogens (tertiary/aromatic N) is 2. The molecule has 0 bridgehead atoms. The van der Waals surface area contributed by atoms with E-state index in [-0.39, 0.29) is 24.4 Å². The maximum Gasteiger partial charge on any atom is 0.319 e. The van der Waals surface area contributed by atoms with Crippen LogP contribution in [0.3, 0.4) is 0 Å². The van der Waals surface area contributed by atoms with Crippen LogP contribution in [0.15, 0.2) is 24.3 Å². The fourth-order valence-electron chi connectivity index (χ4n) is 3.35. The lowest BCUT2D eigenvalue weighted by Gasteiger charge is -2.33. The monoisotopic (exact) mass is 375 g/mol. The second kappa shape index (κ2) is 9.39. The average Bonchev–Trinajstić information content (AvgIpc) is 2.64. The van der Waals surface area contributed by atoms with Crippen molar-refractivity contribution in [1.29, 1.82) is 0 Å². The molecular formula is C20H29N3O4. The van der Waals surface area contributed by atoms with Gasteiger partial charge in [0.15, 0.2) is 0 Å². The number of piperidine rings is 1. The Hall–Kier alpha value is -2.57. The standard InChI is InChI=1S/C20H29N3O4/c1-14-5-4-6-15(11-14)12-17(19(25)26)13-21-18(24)16-7-9-23(10-8-16)20(27)22(2)3/h4-6,11,16-17H,7-10,12-13H2,1-3H3,(H,21,24)(H,25,26). The molecule has 0 saturated carbocycles. The Morgan fingerprint density at radius 1 is 1.26 bits per heavy atom. The molecule has 1 saturated heterocycles. The van der Waals surface area contributed by atoms with Crippen molar-refractivity contribution in [3.05, 3.63) is 35.4 Å². The van der Waals surface area contributed by atoms with Gasteiger partial charge >= 0.3 is 12.0 Å². The SMILES string of the molecule is Cc1cccc(CC(CNC(=O)C2CCN(C(=O)N(C)C)CC2)C(=O)O)c1. The smallest absolute Gasteiger partial charge is 0.319 e. The number of amides is 3. The maximum absolute atomic E-state index is 12.4. The first-order valence-corrected chi connectivity index (χ1v) is 9.30. The van der Waals surface area contributed by atoms with Crippen molar-refractivity contribution in [3.8, 4) is 0 Å². The molecule has 1 unspecified atom stereocenters. The van der Waals surface area contributed by atoms with Crippen molar-refractivity contribution in [3.63, 3.8) is 0 Å². The highest BCUT2D eigenvalue weighted by Crippen LogP contribution is 2.18. The summed E-state index contributed by atoms with van der Waals surface area (Å²) in [6, 6.07) is 7.70. The van der Waals surface area contributed by atoms with Crippen LogP contribution in [0.5, 0.6) is 0 Å². The van der Waals surface area contributed by atoms with Gasteiger partial charge in [0.05, 0.1) is 5.92 Å². The van der Waals surface area contributed by atoms with E-state index in [2.05, 4.69) is 5.32 Å². The summed E-state index contributed by atoms with van der Waals surface area (Å²) < 4.78 is 0. The minimum Gasteiger partial charge on any atom is -0.481 e. The number of aryl methyl sites for hydroxylation is 1. The van der Waals surface area contributed by atoms with Gasteiger partial charge in [-0.05, 0) is 31.7 Å². The molecule has 1 aromatic rings. The molecule has 1 aromatic carbocycles. The van der Waals surface area contributed by atoms with Crippen LogP contribution in [0.1, 0.15) is 24.0 Å². The van der Waals surface area contributed by atoms with E-state index in [9.17, 15) is 19.5 Å². The number of rotatable bonds is 6. The number of urea groups is 1. The molecule has 7 nitrogen and oxygen atoms in total. The molecule has 148 valence electrons. The molecule has 1 atom stereocenters. The van der Waals surface area contributed by atoms with Crippen molar-refractivity contribution in [2.24, 2.45) is 11.8 Å². The zero-order valence-electron chi connectivity index (χ0n) is 16.3. The lowest BCUT2D eigenvalue weighted by molar-refractivity contribution is -0.141. The summed E-state index contributed by atoms with van der Waals surface area (Å²) in [6.07, 6.45) is 1.58. The fourth-order valence-corrected chi connectivity index (χ4v) is 3.35. The molecule has 1 fully saturated rings. The number of nitrogens with one attached hydrogen (secondary N) is 1. The lowest BCUT2D eigenvalue weighted by Crippen LogP contribution is -2.47. The molecule has 0 aromatic heterocycles. The van der Waals surface area contributed by atoms with E-state index < -0.39 is 11.9 Å². The quantitative estimate of drug-likeness (QED) is 0.793. The van der Waals surface area contributed by atoms with Crippen LogP contribution in [0.2, 0.25) is 0 Å². The zero-order valence-corrected chi connectivity index (χ0v) is 16.3. The molecule has 2 rings (SSSR count). The van der Waals surface area contributed by atoms with Crippen LogP contribution in [-0.2, 0) is 16.0 Å². The van der Waals surface area contributed by atoms with Crippen LogP contribution in [0.4, 0.5) is 4.79 Å². The number of carboxylic acids is 1. The number of carbonyl (C=O) groups is 3. The van der Waals surface area contributed by atoms with Crippen molar-refractivity contribution in [2.45, 2.75) is 26.2 Å². The summed E-state index contributed by atoms with van der Waals surface area (Å²) in [5.74, 6) is -1.87. The summed E-state index contributed by atoms with van der Waals surface area (Å²) in [5.41, 5.74) is 2.03. The number of hydrogen-bond acceptors (Lipinski definition) is 3. The first kappa shape index (κ1) is 20.7. The normalized spacial score (nSPS) is 15.9. The van der Waals surface area contributed by atoms with E-state index in [4.69, 9.17) is 0 Å². The van der Waals surface area contributed by atoms with Crippen molar-refractivity contribution < 1.29 is 19.5 Å². The molecule has 3 amide bonds. The molecular weight excluding hydrogens is 346 g/mol. The van der Waals surface area contributed by atoms with Crippen molar-refractivity contribution in [1.82, 2.24) is 15.1 Å². The Labute approximate surface area is 160 Å². The van der Waals surface area contributed by atoms with Crippen LogP contribution >= 0.6 is 0 Å². The highest BCUT2D eigenvalue weighted by Gasteiger charge is 2.29. The average molecular weight is 375 g/mol. The van der Waals surface area contributed by atoms with E-state index in [1.54, 1.807) is 19.0 Å². The highest BCUT2D eigenvalue weighted by molar-refractivity contribution is 5.80. The third-order valence-electron chi connectivity index (χ3n) is 4.96. The predicted octanol–water partition coefficient (Wildman–Crippen LogP) is 1.75. The van der Waals surface area contributed by atoms with Gasteiger partial charge in [0, 0.05) is 39.6 Å². The lowest BCUT2D eigenvalue weighted by atomic mass is 9.95. The second-order valence-corrected chi connectivity index (χ2v) is 7.41. The van der Waals surface area contributed by atoms with Gasteiger partial charge in [-0.1, -0.05) is 29.8 Å². The summed E-state index contributed by atoms with van der Waals surface area (Å²) in [4.78, 5) is 39.2. The first-order valence-electron chi connectivity index (χ1n) is 9.30. The Balaban J connectivity index is 1.84. The minimum absolute atomic E-state index is 0.0436. The summed E-state index contributed by atoms with van der Waals surface area (Å²) >= 11 is 0. The van der Waals surface area contributed by atoms with Gasteiger partial charge in [-0.2, -0.15) is 0 Å². The van der Waals surface area contributed by atoms with E-state index in [0.717, 1.165) is 11.1 Å². The molecule has 0 radical (unpaired) electrons. The Morgan fingerprint density at radius 3 is 2.48 bits per heavy atom. The topological polar surface area (TPSA) is 90.0 Å². The van der Waals surface area contributed by atoms with E-state index in [0.29, 0.717) is 32.4 Å². The summed E-state index contributed by atoms with van der Waals surface area (Å²) in [7, 11) is 3.42. The number of aliphatic carboxylic acids is 1. The van der Waals surface area contributed by atoms with Gasteiger partial charge in [0.2, 0.25) is 5.91 Å². The van der Waals surface area contributed by atoms with Crippen LogP contribution in [-0.4, -0.2) is 66.5 Å². The minimum atomic E-state index is -0.914. The van der Waals surface area contributed by atoms with Gasteiger partial charge in [-0.3, -0.25) is 9.59 Å². The van der Waals surface area contributed by atoms with Gasteiger partial charge in [0.25, 0.3) is 0 Å². The Bertz CT molecular complexity index is 682. The van der Waals surface area contributed by atoms with Gasteiger partial charge < -0.3 is 20.2 Å². The summed E-state index contributed by atoms with van der Waals surface area (Å²) in [6.45, 7) is 3.16. The first-order chi connectivity index (χ1) is 12.8. The molecule has 0 spiro atoms. The van der Waals surface area contributed by atoms with Crippen LogP contribution in [0, 0.1) is 18.8 Å². The fraction of sp³-hybridized carbons (Fsp3) is 0.550. The molecule has 1 aliphatic heterocycles. The molecule has 1 aliphatic rings. The zero-order chi connectivity index (χ0) is 20.0. The predicted molar refractivity (Wildman–Crippen MR) is 102 cm³/mol. The van der Waals surface area contributed by atoms with E-state index in [1.165, 1.54) is 4.90 Å². The number of likely N-dealkylation sites (tertiary alicyclic amines) is 1. The van der Waals surface area contributed by atoms with Gasteiger partial charge in [0.1, 0.15) is 0 Å². The van der Waals surface area contributed by atoms with E-state index >= 15 is 0 Å². The molecule has 1 heterocycles. The van der Waals surface area contributed by atoms with Crippen LogP contribution in [0.25, 0.3) is 0 Å². The largest absolute Gasteiger partial charge is 0.481 e. The number of hydrogen-bond donors (Lipinski definition) is 2. The van der Waals surface area contributed by atoms with Gasteiger partial charge in [-0.25, -0.2) is 4.79 Å². The highest BCUT2D eigenvalue weighted by atomic mass is 16.4.